The second kappa shape index (κ2) is 6.08. The van der Waals surface area contributed by atoms with E-state index in [0.717, 1.165) is 5.69 Å². The van der Waals surface area contributed by atoms with Gasteiger partial charge in [-0.2, -0.15) is 4.98 Å². The summed E-state index contributed by atoms with van der Waals surface area (Å²) in [5.74, 6) is 0.0348. The molecular weight excluding hydrogens is 309 g/mol. The van der Waals surface area contributed by atoms with Crippen LogP contribution in [0.2, 0.25) is 0 Å². The van der Waals surface area contributed by atoms with Gasteiger partial charge in [0, 0.05) is 17.8 Å². The number of hydrogen-bond acceptors (Lipinski definition) is 5. The van der Waals surface area contributed by atoms with E-state index < -0.39 is 0 Å². The molecule has 0 bridgehead atoms. The van der Waals surface area contributed by atoms with Gasteiger partial charge in [0.2, 0.25) is 5.88 Å². The number of nitrogens with zero attached hydrogens (tertiary/aromatic N) is 3. The third kappa shape index (κ3) is 2.69. The topological polar surface area (TPSA) is 61.0 Å². The summed E-state index contributed by atoms with van der Waals surface area (Å²) in [6.07, 6.45) is 1.70. The standard InChI is InChI=1S/C18H12FN3O2/c19-15-7-2-1-6-13(15)17-14-8-9-16(21-18(14)24-22-17)23-11-12-5-3-4-10-20-12/h1-10H,11H2. The van der Waals surface area contributed by atoms with Gasteiger partial charge in [0.1, 0.15) is 18.1 Å². The molecule has 0 atom stereocenters. The molecule has 0 fully saturated rings. The lowest BCUT2D eigenvalue weighted by molar-refractivity contribution is 0.288. The van der Waals surface area contributed by atoms with Crippen molar-refractivity contribution in [3.05, 3.63) is 72.3 Å². The lowest BCUT2D eigenvalue weighted by atomic mass is 10.1. The Balaban J connectivity index is 1.62. The van der Waals surface area contributed by atoms with Crippen LogP contribution in [-0.2, 0) is 6.61 Å². The zero-order valence-electron chi connectivity index (χ0n) is 12.5. The van der Waals surface area contributed by atoms with Crippen molar-refractivity contribution in [1.82, 2.24) is 15.1 Å². The van der Waals surface area contributed by atoms with Gasteiger partial charge in [0.15, 0.2) is 0 Å². The van der Waals surface area contributed by atoms with E-state index in [2.05, 4.69) is 15.1 Å². The van der Waals surface area contributed by atoms with E-state index in [0.29, 0.717) is 34.8 Å². The van der Waals surface area contributed by atoms with Crippen LogP contribution in [-0.4, -0.2) is 15.1 Å². The monoisotopic (exact) mass is 321 g/mol. The lowest BCUT2D eigenvalue weighted by Crippen LogP contribution is -1.98. The molecule has 0 aliphatic heterocycles. The maximum absolute atomic E-state index is 13.9. The fourth-order valence-electron chi connectivity index (χ4n) is 2.37. The number of pyridine rings is 2. The number of fused-ring (bicyclic) bond motifs is 1. The van der Waals surface area contributed by atoms with E-state index in [9.17, 15) is 4.39 Å². The van der Waals surface area contributed by atoms with E-state index in [-0.39, 0.29) is 5.82 Å². The van der Waals surface area contributed by atoms with Crippen LogP contribution in [0.5, 0.6) is 5.88 Å². The molecule has 0 radical (unpaired) electrons. The molecule has 0 saturated carbocycles. The Morgan fingerprint density at radius 1 is 1.00 bits per heavy atom. The number of aromatic nitrogens is 3. The molecule has 118 valence electrons. The number of ether oxygens (including phenoxy) is 1. The van der Waals surface area contributed by atoms with Crippen molar-refractivity contribution in [3.63, 3.8) is 0 Å². The third-order valence-corrected chi connectivity index (χ3v) is 3.54. The molecule has 0 spiro atoms. The van der Waals surface area contributed by atoms with Crippen molar-refractivity contribution < 1.29 is 13.7 Å². The van der Waals surface area contributed by atoms with E-state index in [4.69, 9.17) is 9.26 Å². The van der Waals surface area contributed by atoms with E-state index in [1.807, 2.05) is 18.2 Å². The van der Waals surface area contributed by atoms with E-state index in [1.165, 1.54) is 6.07 Å². The summed E-state index contributed by atoms with van der Waals surface area (Å²) < 4.78 is 24.8. The fraction of sp³-hybridized carbons (Fsp3) is 0.0556. The van der Waals surface area contributed by atoms with Gasteiger partial charge in [0.05, 0.1) is 11.1 Å². The van der Waals surface area contributed by atoms with Crippen molar-refractivity contribution in [2.24, 2.45) is 0 Å². The zero-order valence-corrected chi connectivity index (χ0v) is 12.5. The van der Waals surface area contributed by atoms with Crippen molar-refractivity contribution in [1.29, 1.82) is 0 Å². The van der Waals surface area contributed by atoms with E-state index >= 15 is 0 Å². The van der Waals surface area contributed by atoms with Crippen molar-refractivity contribution in [2.75, 3.05) is 0 Å². The quantitative estimate of drug-likeness (QED) is 0.568. The molecule has 0 unspecified atom stereocenters. The van der Waals surface area contributed by atoms with Gasteiger partial charge in [-0.25, -0.2) is 4.39 Å². The summed E-state index contributed by atoms with van der Waals surface area (Å²) in [7, 11) is 0. The molecule has 3 aromatic heterocycles. The summed E-state index contributed by atoms with van der Waals surface area (Å²) in [5, 5.41) is 4.57. The Morgan fingerprint density at radius 2 is 1.88 bits per heavy atom. The molecule has 0 N–H and O–H groups in total. The number of benzene rings is 1. The Morgan fingerprint density at radius 3 is 2.71 bits per heavy atom. The Kier molecular flexibility index (Phi) is 3.63. The number of hydrogen-bond donors (Lipinski definition) is 0. The lowest BCUT2D eigenvalue weighted by Gasteiger charge is -2.04. The molecule has 0 aliphatic carbocycles. The highest BCUT2D eigenvalue weighted by atomic mass is 19.1. The van der Waals surface area contributed by atoms with Crippen LogP contribution >= 0.6 is 0 Å². The Labute approximate surface area is 136 Å². The predicted molar refractivity (Wildman–Crippen MR) is 85.8 cm³/mol. The average Bonchev–Trinajstić information content (AvgIpc) is 3.04. The summed E-state index contributed by atoms with van der Waals surface area (Å²) in [4.78, 5) is 8.44. The highest BCUT2D eigenvalue weighted by molar-refractivity contribution is 5.89. The van der Waals surface area contributed by atoms with Crippen LogP contribution in [0.4, 0.5) is 4.39 Å². The first kappa shape index (κ1) is 14.3. The predicted octanol–water partition coefficient (Wildman–Crippen LogP) is 4.00. The minimum Gasteiger partial charge on any atom is -0.471 e. The second-order valence-electron chi connectivity index (χ2n) is 5.12. The van der Waals surface area contributed by atoms with Crippen LogP contribution in [0.3, 0.4) is 0 Å². The smallest absolute Gasteiger partial charge is 0.261 e. The van der Waals surface area contributed by atoms with Gasteiger partial charge in [-0.3, -0.25) is 4.98 Å². The molecule has 24 heavy (non-hydrogen) atoms. The van der Waals surface area contributed by atoms with Crippen molar-refractivity contribution >= 4 is 11.1 Å². The van der Waals surface area contributed by atoms with Crippen LogP contribution in [0.1, 0.15) is 5.69 Å². The van der Waals surface area contributed by atoms with Gasteiger partial charge in [-0.05, 0) is 30.3 Å². The highest BCUT2D eigenvalue weighted by Crippen LogP contribution is 2.30. The molecule has 0 amide bonds. The Bertz CT molecular complexity index is 986. The largest absolute Gasteiger partial charge is 0.471 e. The van der Waals surface area contributed by atoms with Gasteiger partial charge in [0.25, 0.3) is 5.71 Å². The van der Waals surface area contributed by atoms with Crippen LogP contribution in [0.25, 0.3) is 22.4 Å². The molecule has 0 aliphatic rings. The fourth-order valence-corrected chi connectivity index (χ4v) is 2.37. The zero-order chi connectivity index (χ0) is 16.4. The third-order valence-electron chi connectivity index (χ3n) is 3.54. The van der Waals surface area contributed by atoms with Gasteiger partial charge in [-0.1, -0.05) is 23.4 Å². The molecule has 5 nitrogen and oxygen atoms in total. The average molecular weight is 321 g/mol. The molecule has 4 rings (SSSR count). The van der Waals surface area contributed by atoms with Crippen molar-refractivity contribution in [3.8, 4) is 17.1 Å². The molecule has 6 heteroatoms. The number of rotatable bonds is 4. The van der Waals surface area contributed by atoms with Gasteiger partial charge < -0.3 is 9.26 Å². The van der Waals surface area contributed by atoms with Crippen LogP contribution < -0.4 is 4.74 Å². The Hall–Kier alpha value is -3.28. The maximum atomic E-state index is 13.9. The molecule has 0 saturated heterocycles. The SMILES string of the molecule is Fc1ccccc1-c1noc2nc(OCc3ccccn3)ccc12. The maximum Gasteiger partial charge on any atom is 0.261 e. The summed E-state index contributed by atoms with van der Waals surface area (Å²) in [6.45, 7) is 0.299. The summed E-state index contributed by atoms with van der Waals surface area (Å²) in [5.41, 5.74) is 1.89. The number of halogens is 1. The van der Waals surface area contributed by atoms with Crippen LogP contribution in [0, 0.1) is 5.82 Å². The van der Waals surface area contributed by atoms with Crippen LogP contribution in [0.15, 0.2) is 65.3 Å². The summed E-state index contributed by atoms with van der Waals surface area (Å²) in [6, 6.07) is 15.5. The summed E-state index contributed by atoms with van der Waals surface area (Å²) >= 11 is 0. The first-order valence-electron chi connectivity index (χ1n) is 7.35. The van der Waals surface area contributed by atoms with Gasteiger partial charge in [-0.15, -0.1) is 0 Å². The minimum atomic E-state index is -0.358. The van der Waals surface area contributed by atoms with E-state index in [1.54, 1.807) is 36.5 Å². The van der Waals surface area contributed by atoms with Gasteiger partial charge >= 0.3 is 0 Å². The normalized spacial score (nSPS) is 10.9. The first-order valence-corrected chi connectivity index (χ1v) is 7.35. The first-order chi connectivity index (χ1) is 11.8. The highest BCUT2D eigenvalue weighted by Gasteiger charge is 2.15. The molecule has 1 aromatic carbocycles. The molecule has 3 heterocycles. The molecular formula is C18H12FN3O2. The second-order valence-corrected chi connectivity index (χ2v) is 5.12. The van der Waals surface area contributed by atoms with Crippen molar-refractivity contribution in [2.45, 2.75) is 6.61 Å². The molecule has 4 aromatic rings. The minimum absolute atomic E-state index is 0.298.